The van der Waals surface area contributed by atoms with E-state index in [1.165, 1.54) is 17.5 Å². The van der Waals surface area contributed by atoms with Crippen LogP contribution in [0, 0.1) is 0 Å². The number of nitrogens with zero attached hydrogens (tertiary/aromatic N) is 2. The van der Waals surface area contributed by atoms with E-state index >= 15 is 0 Å². The molecular weight excluding hydrogens is 382 g/mol. The number of fused-ring (bicyclic) bond motifs is 1. The molecule has 3 rings (SSSR count). The van der Waals surface area contributed by atoms with Crippen LogP contribution in [0.15, 0.2) is 34.6 Å². The number of aromatic nitrogens is 2. The molecule has 146 valence electrons. The lowest BCUT2D eigenvalue weighted by Crippen LogP contribution is -2.20. The van der Waals surface area contributed by atoms with Crippen LogP contribution in [0.5, 0.6) is 0 Å². The van der Waals surface area contributed by atoms with Crippen molar-refractivity contribution in [2.45, 2.75) is 20.4 Å². The van der Waals surface area contributed by atoms with Crippen molar-refractivity contribution in [1.29, 1.82) is 0 Å². The summed E-state index contributed by atoms with van der Waals surface area (Å²) in [7, 11) is 0. The van der Waals surface area contributed by atoms with Gasteiger partial charge in [-0.2, -0.15) is 0 Å². The molecule has 0 bridgehead atoms. The predicted octanol–water partition coefficient (Wildman–Crippen LogP) is 2.82. The van der Waals surface area contributed by atoms with Crippen LogP contribution in [0.25, 0.3) is 22.2 Å². The predicted molar refractivity (Wildman–Crippen MR) is 107 cm³/mol. The number of nitrogens with one attached hydrogen (secondary N) is 1. The maximum atomic E-state index is 12.7. The first-order valence-electron chi connectivity index (χ1n) is 8.70. The van der Waals surface area contributed by atoms with E-state index in [0.29, 0.717) is 28.3 Å². The Balaban J connectivity index is 2.04. The number of esters is 1. The third kappa shape index (κ3) is 3.89. The molecular formula is C19H19N3O5S. The molecule has 2 aromatic heterocycles. The molecule has 28 heavy (non-hydrogen) atoms. The number of aryl methyl sites for hydroxylation is 1. The van der Waals surface area contributed by atoms with Gasteiger partial charge >= 0.3 is 11.9 Å². The molecule has 2 N–H and O–H groups in total. The maximum Gasteiger partial charge on any atom is 0.343 e. The first kappa shape index (κ1) is 19.6. The van der Waals surface area contributed by atoms with Gasteiger partial charge in [0.25, 0.3) is 0 Å². The summed E-state index contributed by atoms with van der Waals surface area (Å²) in [6, 6.07) is 5.27. The Bertz CT molecular complexity index is 1100. The number of rotatable bonds is 7. The quantitative estimate of drug-likeness (QED) is 0.586. The maximum absolute atomic E-state index is 12.7. The van der Waals surface area contributed by atoms with E-state index in [4.69, 9.17) is 9.84 Å². The SMILES string of the molecule is CCOC(=O)c1cn(CC)c2cc(-c3csc(NCC(=O)O)n3)ccc2c1=O. The van der Waals surface area contributed by atoms with Crippen molar-refractivity contribution in [1.82, 2.24) is 9.55 Å². The number of carboxylic acids is 1. The monoisotopic (exact) mass is 401 g/mol. The van der Waals surface area contributed by atoms with Crippen LogP contribution in [0.2, 0.25) is 0 Å². The zero-order valence-corrected chi connectivity index (χ0v) is 16.2. The lowest BCUT2D eigenvalue weighted by Gasteiger charge is -2.12. The van der Waals surface area contributed by atoms with Crippen LogP contribution in [-0.2, 0) is 16.1 Å². The molecule has 0 saturated heterocycles. The summed E-state index contributed by atoms with van der Waals surface area (Å²) in [5.74, 6) is -1.60. The third-order valence-electron chi connectivity index (χ3n) is 4.11. The number of ether oxygens (including phenoxy) is 1. The van der Waals surface area contributed by atoms with Crippen LogP contribution in [-0.4, -0.2) is 39.7 Å². The number of carbonyl (C=O) groups excluding carboxylic acids is 1. The summed E-state index contributed by atoms with van der Waals surface area (Å²) in [5, 5.41) is 14.2. The number of pyridine rings is 1. The van der Waals surface area contributed by atoms with Gasteiger partial charge in [-0.15, -0.1) is 11.3 Å². The normalized spacial score (nSPS) is 10.8. The van der Waals surface area contributed by atoms with Crippen molar-refractivity contribution >= 4 is 39.3 Å². The van der Waals surface area contributed by atoms with Gasteiger partial charge in [-0.05, 0) is 26.0 Å². The smallest absolute Gasteiger partial charge is 0.343 e. The number of anilines is 1. The summed E-state index contributed by atoms with van der Waals surface area (Å²) in [5.41, 5.74) is 1.79. The lowest BCUT2D eigenvalue weighted by atomic mass is 10.1. The van der Waals surface area contributed by atoms with Gasteiger partial charge in [-0.3, -0.25) is 9.59 Å². The number of hydrogen-bond acceptors (Lipinski definition) is 7. The standard InChI is InChI=1S/C19H19N3O5S/c1-3-22-9-13(18(26)27-4-2)17(25)12-6-5-11(7-15(12)22)14-10-28-19(21-14)20-8-16(23)24/h5-7,9-10H,3-4,8H2,1-2H3,(H,20,21)(H,23,24). The van der Waals surface area contributed by atoms with E-state index in [1.54, 1.807) is 19.1 Å². The first-order chi connectivity index (χ1) is 13.4. The molecule has 0 amide bonds. The van der Waals surface area contributed by atoms with E-state index in [9.17, 15) is 14.4 Å². The molecule has 9 heteroatoms. The number of thiazole rings is 1. The highest BCUT2D eigenvalue weighted by atomic mass is 32.1. The fraction of sp³-hybridized carbons (Fsp3) is 0.263. The Morgan fingerprint density at radius 3 is 2.79 bits per heavy atom. The number of aliphatic carboxylic acids is 1. The van der Waals surface area contributed by atoms with Gasteiger partial charge in [0, 0.05) is 29.1 Å². The topological polar surface area (TPSA) is 111 Å². The Kier molecular flexibility index (Phi) is 5.74. The van der Waals surface area contributed by atoms with Crippen molar-refractivity contribution in [3.8, 4) is 11.3 Å². The summed E-state index contributed by atoms with van der Waals surface area (Å²) >= 11 is 1.30. The van der Waals surface area contributed by atoms with E-state index in [-0.39, 0.29) is 24.1 Å². The fourth-order valence-electron chi connectivity index (χ4n) is 2.80. The van der Waals surface area contributed by atoms with Crippen molar-refractivity contribution < 1.29 is 19.4 Å². The lowest BCUT2D eigenvalue weighted by molar-refractivity contribution is -0.134. The number of carboxylic acid groups (broad SMARTS) is 1. The van der Waals surface area contributed by atoms with Crippen molar-refractivity contribution in [2.75, 3.05) is 18.5 Å². The van der Waals surface area contributed by atoms with Crippen LogP contribution in [0.1, 0.15) is 24.2 Å². The minimum Gasteiger partial charge on any atom is -0.480 e. The molecule has 0 aliphatic carbocycles. The first-order valence-corrected chi connectivity index (χ1v) is 9.58. The van der Waals surface area contributed by atoms with Gasteiger partial charge in [0.15, 0.2) is 5.13 Å². The van der Waals surface area contributed by atoms with E-state index in [2.05, 4.69) is 10.3 Å². The van der Waals surface area contributed by atoms with Crippen molar-refractivity contribution in [3.05, 3.63) is 45.6 Å². The van der Waals surface area contributed by atoms with E-state index < -0.39 is 11.9 Å². The number of hydrogen-bond donors (Lipinski definition) is 2. The molecule has 1 aromatic carbocycles. The summed E-state index contributed by atoms with van der Waals surface area (Å²) in [4.78, 5) is 39.9. The Morgan fingerprint density at radius 2 is 2.11 bits per heavy atom. The molecule has 0 unspecified atom stereocenters. The van der Waals surface area contributed by atoms with Gasteiger partial charge in [-0.25, -0.2) is 9.78 Å². The average molecular weight is 401 g/mol. The third-order valence-corrected chi connectivity index (χ3v) is 4.91. The molecule has 8 nitrogen and oxygen atoms in total. The summed E-state index contributed by atoms with van der Waals surface area (Å²) in [6.07, 6.45) is 1.52. The fourth-order valence-corrected chi connectivity index (χ4v) is 3.52. The van der Waals surface area contributed by atoms with Crippen molar-refractivity contribution in [2.24, 2.45) is 0 Å². The van der Waals surface area contributed by atoms with E-state index in [1.807, 2.05) is 22.9 Å². The second-order valence-electron chi connectivity index (χ2n) is 5.90. The Labute approximate surface area is 164 Å². The zero-order valence-electron chi connectivity index (χ0n) is 15.4. The molecule has 0 aliphatic rings. The van der Waals surface area contributed by atoms with E-state index in [0.717, 1.165) is 5.56 Å². The van der Waals surface area contributed by atoms with Crippen LogP contribution in [0.4, 0.5) is 5.13 Å². The van der Waals surface area contributed by atoms with Gasteiger partial charge in [0.2, 0.25) is 5.43 Å². The summed E-state index contributed by atoms with van der Waals surface area (Å²) in [6.45, 7) is 4.16. The highest BCUT2D eigenvalue weighted by molar-refractivity contribution is 7.14. The molecule has 0 atom stereocenters. The molecule has 0 spiro atoms. The van der Waals surface area contributed by atoms with Gasteiger partial charge in [0.05, 0.1) is 17.8 Å². The number of benzene rings is 1. The molecule has 3 aromatic rings. The zero-order chi connectivity index (χ0) is 20.3. The minimum absolute atomic E-state index is 0.0118. The average Bonchev–Trinajstić information content (AvgIpc) is 3.15. The Hall–Kier alpha value is -3.20. The molecule has 0 fully saturated rings. The minimum atomic E-state index is -0.966. The Morgan fingerprint density at radius 1 is 1.32 bits per heavy atom. The highest BCUT2D eigenvalue weighted by Gasteiger charge is 2.17. The van der Waals surface area contributed by atoms with Crippen LogP contribution in [0.3, 0.4) is 0 Å². The van der Waals surface area contributed by atoms with Crippen LogP contribution < -0.4 is 10.7 Å². The van der Waals surface area contributed by atoms with Gasteiger partial charge in [-0.1, -0.05) is 6.07 Å². The molecule has 2 heterocycles. The molecule has 0 saturated carbocycles. The van der Waals surface area contributed by atoms with Gasteiger partial charge in [0.1, 0.15) is 12.1 Å². The second-order valence-corrected chi connectivity index (χ2v) is 6.75. The molecule has 0 aliphatic heterocycles. The summed E-state index contributed by atoms with van der Waals surface area (Å²) < 4.78 is 6.81. The van der Waals surface area contributed by atoms with Crippen LogP contribution >= 0.6 is 11.3 Å². The second kappa shape index (κ2) is 8.22. The molecule has 0 radical (unpaired) electrons. The van der Waals surface area contributed by atoms with Gasteiger partial charge < -0.3 is 19.7 Å². The largest absolute Gasteiger partial charge is 0.480 e. The number of carbonyl (C=O) groups is 2. The van der Waals surface area contributed by atoms with Crippen molar-refractivity contribution in [3.63, 3.8) is 0 Å². The highest BCUT2D eigenvalue weighted by Crippen LogP contribution is 2.27.